The molecule has 0 saturated carbocycles. The fraction of sp³-hybridized carbons (Fsp3) is 0.556. The Labute approximate surface area is 222 Å². The quantitative estimate of drug-likeness (QED) is 0.168. The van der Waals surface area contributed by atoms with Crippen LogP contribution >= 0.6 is 0 Å². The molecule has 0 bridgehead atoms. The molecule has 1 aromatic carbocycles. The summed E-state index contributed by atoms with van der Waals surface area (Å²) in [5.41, 5.74) is 2.06. The number of allylic oxidation sites excluding steroid dienone is 2. The number of nitrogens with one attached hydrogen (secondary N) is 2. The highest BCUT2D eigenvalue weighted by atomic mass is 16.6. The van der Waals surface area contributed by atoms with Crippen LogP contribution < -0.4 is 15.4 Å². The smallest absolute Gasteiger partial charge is 0.407 e. The second-order valence-electron chi connectivity index (χ2n) is 10.1. The van der Waals surface area contributed by atoms with Crippen LogP contribution in [0.4, 0.5) is 4.79 Å². The van der Waals surface area contributed by atoms with E-state index in [0.29, 0.717) is 16.9 Å². The SMILES string of the molecule is COC(=O)C(CC(=O)NCCNC(=O)OC(C)(C)C)C/C(C)=C/Cc1c(O)c2c(c(C)c1OC)COC2=O. The van der Waals surface area contributed by atoms with Crippen molar-refractivity contribution in [1.29, 1.82) is 0 Å². The van der Waals surface area contributed by atoms with E-state index in [4.69, 9.17) is 18.9 Å². The number of phenolic OH excluding ortho intramolecular Hbond substituents is 1. The summed E-state index contributed by atoms with van der Waals surface area (Å²) in [6.07, 6.45) is 1.59. The summed E-state index contributed by atoms with van der Waals surface area (Å²) in [6.45, 7) is 9.27. The highest BCUT2D eigenvalue weighted by Crippen LogP contribution is 2.42. The molecule has 0 fully saturated rings. The number of fused-ring (bicyclic) bond motifs is 1. The molecule has 2 rings (SSSR count). The van der Waals surface area contributed by atoms with Gasteiger partial charge in [0.05, 0.1) is 20.1 Å². The van der Waals surface area contributed by atoms with E-state index in [-0.39, 0.29) is 56.2 Å². The number of phenols is 1. The van der Waals surface area contributed by atoms with Gasteiger partial charge in [0.15, 0.2) is 0 Å². The van der Waals surface area contributed by atoms with Gasteiger partial charge in [-0.1, -0.05) is 11.6 Å². The second kappa shape index (κ2) is 13.2. The van der Waals surface area contributed by atoms with Crippen molar-refractivity contribution in [2.75, 3.05) is 27.3 Å². The average Bonchev–Trinajstić information content (AvgIpc) is 3.23. The van der Waals surface area contributed by atoms with Crippen molar-refractivity contribution < 1.29 is 43.2 Å². The molecule has 2 amide bonds. The van der Waals surface area contributed by atoms with Gasteiger partial charge in [-0.25, -0.2) is 9.59 Å². The molecular weight excluding hydrogens is 496 g/mol. The predicted octanol–water partition coefficient (Wildman–Crippen LogP) is 3.08. The molecule has 0 aromatic heterocycles. The fourth-order valence-corrected chi connectivity index (χ4v) is 4.16. The van der Waals surface area contributed by atoms with Gasteiger partial charge in [0.25, 0.3) is 0 Å². The number of cyclic esters (lactones) is 1. The van der Waals surface area contributed by atoms with Gasteiger partial charge in [0.2, 0.25) is 5.91 Å². The molecule has 1 aromatic rings. The van der Waals surface area contributed by atoms with Gasteiger partial charge in [-0.05, 0) is 53.0 Å². The van der Waals surface area contributed by atoms with Crippen LogP contribution in [0.25, 0.3) is 0 Å². The average molecular weight is 535 g/mol. The van der Waals surface area contributed by atoms with Crippen molar-refractivity contribution in [2.45, 2.75) is 66.1 Å². The number of rotatable bonds is 11. The van der Waals surface area contributed by atoms with Crippen molar-refractivity contribution in [3.05, 3.63) is 33.9 Å². The van der Waals surface area contributed by atoms with Crippen molar-refractivity contribution in [3.63, 3.8) is 0 Å². The lowest BCUT2D eigenvalue weighted by molar-refractivity contribution is -0.147. The van der Waals surface area contributed by atoms with Gasteiger partial charge in [-0.15, -0.1) is 0 Å². The van der Waals surface area contributed by atoms with Gasteiger partial charge in [-0.2, -0.15) is 0 Å². The summed E-state index contributed by atoms with van der Waals surface area (Å²) >= 11 is 0. The maximum atomic E-state index is 12.4. The van der Waals surface area contributed by atoms with Crippen LogP contribution in [-0.4, -0.2) is 62.0 Å². The Morgan fingerprint density at radius 3 is 2.39 bits per heavy atom. The molecule has 0 spiro atoms. The zero-order valence-corrected chi connectivity index (χ0v) is 23.1. The van der Waals surface area contributed by atoms with Gasteiger partial charge in [0, 0.05) is 30.6 Å². The molecule has 1 atom stereocenters. The molecule has 3 N–H and O–H groups in total. The molecule has 11 heteroatoms. The Bertz CT molecular complexity index is 1100. The van der Waals surface area contributed by atoms with Crippen LogP contribution in [0.2, 0.25) is 0 Å². The van der Waals surface area contributed by atoms with Crippen LogP contribution in [0.3, 0.4) is 0 Å². The van der Waals surface area contributed by atoms with E-state index in [1.54, 1.807) is 34.6 Å². The fourth-order valence-electron chi connectivity index (χ4n) is 4.16. The number of amides is 2. The maximum absolute atomic E-state index is 12.4. The molecule has 1 heterocycles. The third-order valence-electron chi connectivity index (χ3n) is 5.95. The highest BCUT2D eigenvalue weighted by molar-refractivity contribution is 5.98. The van der Waals surface area contributed by atoms with Crippen molar-refractivity contribution in [1.82, 2.24) is 10.6 Å². The number of hydrogen-bond acceptors (Lipinski definition) is 9. The van der Waals surface area contributed by atoms with Crippen molar-refractivity contribution in [3.8, 4) is 11.5 Å². The van der Waals surface area contributed by atoms with Gasteiger partial charge < -0.3 is 34.7 Å². The molecule has 1 unspecified atom stereocenters. The Balaban J connectivity index is 2.02. The first kappa shape index (κ1) is 30.5. The number of carbonyl (C=O) groups excluding carboxylic acids is 4. The number of aromatic hydroxyl groups is 1. The first-order valence-electron chi connectivity index (χ1n) is 12.3. The first-order valence-corrected chi connectivity index (χ1v) is 12.3. The van der Waals surface area contributed by atoms with E-state index in [0.717, 1.165) is 11.1 Å². The minimum Gasteiger partial charge on any atom is -0.507 e. The molecule has 11 nitrogen and oxygen atoms in total. The predicted molar refractivity (Wildman–Crippen MR) is 138 cm³/mol. The van der Waals surface area contributed by atoms with Gasteiger partial charge >= 0.3 is 18.0 Å². The van der Waals surface area contributed by atoms with E-state index in [9.17, 15) is 24.3 Å². The molecule has 210 valence electrons. The molecule has 38 heavy (non-hydrogen) atoms. The van der Waals surface area contributed by atoms with Crippen LogP contribution in [-0.2, 0) is 36.8 Å². The summed E-state index contributed by atoms with van der Waals surface area (Å²) in [4.78, 5) is 48.6. The maximum Gasteiger partial charge on any atom is 0.407 e. The number of benzene rings is 1. The Morgan fingerprint density at radius 2 is 1.79 bits per heavy atom. The van der Waals surface area contributed by atoms with Crippen molar-refractivity contribution >= 4 is 23.9 Å². The molecule has 0 saturated heterocycles. The van der Waals surface area contributed by atoms with Crippen LogP contribution in [0.15, 0.2) is 11.6 Å². The molecule has 1 aliphatic heterocycles. The summed E-state index contributed by atoms with van der Waals surface area (Å²) < 4.78 is 20.6. The third kappa shape index (κ3) is 8.12. The van der Waals surface area contributed by atoms with E-state index in [1.165, 1.54) is 14.2 Å². The minimum absolute atomic E-state index is 0.0823. The van der Waals surface area contributed by atoms with Crippen molar-refractivity contribution in [2.24, 2.45) is 5.92 Å². The Hall–Kier alpha value is -3.76. The topological polar surface area (TPSA) is 149 Å². The van der Waals surface area contributed by atoms with Crippen LogP contribution in [0, 0.1) is 12.8 Å². The summed E-state index contributed by atoms with van der Waals surface area (Å²) in [6, 6.07) is 0. The molecule has 0 radical (unpaired) electrons. The summed E-state index contributed by atoms with van der Waals surface area (Å²) in [5, 5.41) is 16.0. The summed E-state index contributed by atoms with van der Waals surface area (Å²) in [7, 11) is 2.74. The molecule has 1 aliphatic rings. The lowest BCUT2D eigenvalue weighted by atomic mass is 9.93. The third-order valence-corrected chi connectivity index (χ3v) is 5.95. The zero-order chi connectivity index (χ0) is 28.6. The monoisotopic (exact) mass is 534 g/mol. The van der Waals surface area contributed by atoms with E-state index in [2.05, 4.69) is 10.6 Å². The number of alkyl carbamates (subject to hydrolysis) is 1. The Kier molecular flexibility index (Phi) is 10.5. The number of carbonyl (C=O) groups is 4. The Morgan fingerprint density at radius 1 is 1.13 bits per heavy atom. The lowest BCUT2D eigenvalue weighted by Crippen LogP contribution is -2.38. The standard InChI is InChI=1S/C27H38N2O9/c1-15(8-9-18-22(31)21-19(14-37-25(21)33)16(2)23(18)35-6)12-17(24(32)36-7)13-20(30)28-10-11-29-26(34)38-27(3,4)5/h8,17,31H,9-14H2,1-7H3,(H,28,30)(H,29,34)/b15-8+. The first-order chi connectivity index (χ1) is 17.8. The summed E-state index contributed by atoms with van der Waals surface area (Å²) in [5.74, 6) is -1.93. The van der Waals surface area contributed by atoms with Gasteiger partial charge in [0.1, 0.15) is 29.3 Å². The molecular formula is C27H38N2O9. The number of ether oxygens (including phenoxy) is 4. The van der Waals surface area contributed by atoms with E-state index < -0.39 is 29.6 Å². The van der Waals surface area contributed by atoms with E-state index >= 15 is 0 Å². The number of methoxy groups -OCH3 is 2. The molecule has 0 aliphatic carbocycles. The van der Waals surface area contributed by atoms with Crippen LogP contribution in [0.5, 0.6) is 11.5 Å². The number of esters is 2. The highest BCUT2D eigenvalue weighted by Gasteiger charge is 2.32. The zero-order valence-electron chi connectivity index (χ0n) is 23.1. The van der Waals surface area contributed by atoms with E-state index in [1.807, 2.05) is 6.08 Å². The lowest BCUT2D eigenvalue weighted by Gasteiger charge is -2.19. The second-order valence-corrected chi connectivity index (χ2v) is 10.1. The largest absolute Gasteiger partial charge is 0.507 e. The van der Waals surface area contributed by atoms with Crippen LogP contribution in [0.1, 0.15) is 67.6 Å². The van der Waals surface area contributed by atoms with Gasteiger partial charge in [-0.3, -0.25) is 9.59 Å². The normalized spacial score (nSPS) is 13.8. The number of hydrogen-bond donors (Lipinski definition) is 3. The minimum atomic E-state index is -0.734.